The highest BCUT2D eigenvalue weighted by atomic mass is 32.2. The van der Waals surface area contributed by atoms with Crippen LogP contribution in [0.25, 0.3) is 11.6 Å². The zero-order valence-corrected chi connectivity index (χ0v) is 18.0. The van der Waals surface area contributed by atoms with Crippen LogP contribution in [0.5, 0.6) is 0 Å². The average Bonchev–Trinajstić information content (AvgIpc) is 3.44. The van der Waals surface area contributed by atoms with Crippen molar-refractivity contribution in [2.24, 2.45) is 0 Å². The minimum absolute atomic E-state index is 0.0250. The number of aromatic nitrogens is 3. The van der Waals surface area contributed by atoms with E-state index in [-0.39, 0.29) is 11.7 Å². The normalized spacial score (nSPS) is 12.9. The van der Waals surface area contributed by atoms with Crippen molar-refractivity contribution in [2.45, 2.75) is 31.5 Å². The van der Waals surface area contributed by atoms with Crippen molar-refractivity contribution in [1.29, 1.82) is 0 Å². The van der Waals surface area contributed by atoms with Gasteiger partial charge >= 0.3 is 0 Å². The first-order valence-corrected chi connectivity index (χ1v) is 11.3. The molecule has 0 fully saturated rings. The lowest BCUT2D eigenvalue weighted by atomic mass is 10.0. The van der Waals surface area contributed by atoms with Gasteiger partial charge in [0.2, 0.25) is 5.91 Å². The van der Waals surface area contributed by atoms with E-state index in [1.165, 1.54) is 22.9 Å². The number of rotatable bonds is 5. The SMILES string of the molecule is CCn1c(SCC(=O)N2c3ccccc3CCc3ccccc32)nnc1-c1ccco1. The lowest BCUT2D eigenvalue weighted by molar-refractivity contribution is -0.115. The minimum Gasteiger partial charge on any atom is -0.461 e. The molecule has 0 saturated carbocycles. The van der Waals surface area contributed by atoms with E-state index in [1.54, 1.807) is 6.26 Å². The summed E-state index contributed by atoms with van der Waals surface area (Å²) in [5.74, 6) is 1.63. The monoisotopic (exact) mass is 430 g/mol. The van der Waals surface area contributed by atoms with E-state index in [4.69, 9.17) is 4.42 Å². The van der Waals surface area contributed by atoms with E-state index in [2.05, 4.69) is 22.3 Å². The van der Waals surface area contributed by atoms with Crippen LogP contribution in [0.1, 0.15) is 18.1 Å². The zero-order chi connectivity index (χ0) is 21.2. The quantitative estimate of drug-likeness (QED) is 0.412. The fourth-order valence-electron chi connectivity index (χ4n) is 4.01. The van der Waals surface area contributed by atoms with E-state index in [0.717, 1.165) is 24.2 Å². The Labute approximate surface area is 184 Å². The third-order valence-corrected chi connectivity index (χ3v) is 6.43. The zero-order valence-electron chi connectivity index (χ0n) is 17.2. The second-order valence-corrected chi connectivity index (χ2v) is 8.25. The summed E-state index contributed by atoms with van der Waals surface area (Å²) >= 11 is 1.40. The number of amides is 1. The van der Waals surface area contributed by atoms with Gasteiger partial charge in [0.05, 0.1) is 23.4 Å². The minimum atomic E-state index is 0.0250. The van der Waals surface area contributed by atoms with Gasteiger partial charge in [-0.2, -0.15) is 0 Å². The Hall–Kier alpha value is -3.32. The smallest absolute Gasteiger partial charge is 0.242 e. The molecule has 0 spiro atoms. The van der Waals surface area contributed by atoms with Crippen molar-refractivity contribution in [1.82, 2.24) is 14.8 Å². The maximum Gasteiger partial charge on any atom is 0.242 e. The fraction of sp³-hybridized carbons (Fsp3) is 0.208. The van der Waals surface area contributed by atoms with E-state index >= 15 is 0 Å². The number of fused-ring (bicyclic) bond motifs is 2. The molecule has 1 aliphatic heterocycles. The second-order valence-electron chi connectivity index (χ2n) is 7.30. The first-order valence-electron chi connectivity index (χ1n) is 10.3. The molecule has 0 N–H and O–H groups in total. The topological polar surface area (TPSA) is 64.2 Å². The first-order chi connectivity index (χ1) is 15.3. The van der Waals surface area contributed by atoms with Gasteiger partial charge in [-0.15, -0.1) is 10.2 Å². The third kappa shape index (κ3) is 3.65. The first kappa shape index (κ1) is 19.6. The Morgan fingerprint density at radius 1 is 0.968 bits per heavy atom. The molecule has 0 radical (unpaired) electrons. The number of aryl methyl sites for hydroxylation is 2. The average molecular weight is 431 g/mol. The van der Waals surface area contributed by atoms with Gasteiger partial charge in [-0.3, -0.25) is 14.3 Å². The highest BCUT2D eigenvalue weighted by Crippen LogP contribution is 2.36. The van der Waals surface area contributed by atoms with Gasteiger partial charge in [0.1, 0.15) is 0 Å². The summed E-state index contributed by atoms with van der Waals surface area (Å²) in [6.45, 7) is 2.72. The maximum absolute atomic E-state index is 13.5. The summed E-state index contributed by atoms with van der Waals surface area (Å²) < 4.78 is 7.45. The molecule has 0 saturated heterocycles. The van der Waals surface area contributed by atoms with Crippen molar-refractivity contribution in [3.05, 3.63) is 78.1 Å². The van der Waals surface area contributed by atoms with Crippen molar-refractivity contribution in [3.8, 4) is 11.6 Å². The van der Waals surface area contributed by atoms with E-state index in [1.807, 2.05) is 64.9 Å². The number of anilines is 2. The maximum atomic E-state index is 13.5. The molecule has 0 aliphatic carbocycles. The van der Waals surface area contributed by atoms with Gasteiger partial charge in [0.25, 0.3) is 0 Å². The molecule has 0 atom stereocenters. The number of carbonyl (C=O) groups is 1. The molecule has 0 bridgehead atoms. The number of benzene rings is 2. The molecule has 2 aromatic heterocycles. The predicted molar refractivity (Wildman–Crippen MR) is 122 cm³/mol. The molecule has 0 unspecified atom stereocenters. The molecule has 2 aromatic carbocycles. The van der Waals surface area contributed by atoms with Gasteiger partial charge in [-0.25, -0.2) is 0 Å². The van der Waals surface area contributed by atoms with E-state index < -0.39 is 0 Å². The number of furan rings is 1. The van der Waals surface area contributed by atoms with Crippen LogP contribution in [0.4, 0.5) is 11.4 Å². The van der Waals surface area contributed by atoms with Crippen molar-refractivity contribution >= 4 is 29.0 Å². The summed E-state index contributed by atoms with van der Waals surface area (Å²) in [5.41, 5.74) is 4.31. The Morgan fingerprint density at radius 2 is 1.65 bits per heavy atom. The van der Waals surface area contributed by atoms with E-state index in [9.17, 15) is 4.79 Å². The number of para-hydroxylation sites is 2. The molecular formula is C24H22N4O2S. The second kappa shape index (κ2) is 8.43. The molecule has 5 rings (SSSR count). The lowest BCUT2D eigenvalue weighted by Gasteiger charge is -2.24. The van der Waals surface area contributed by atoms with Crippen LogP contribution in [0.2, 0.25) is 0 Å². The van der Waals surface area contributed by atoms with Crippen LogP contribution >= 0.6 is 11.8 Å². The molecule has 7 heteroatoms. The highest BCUT2D eigenvalue weighted by Gasteiger charge is 2.26. The summed E-state index contributed by atoms with van der Waals surface area (Å²) in [6, 6.07) is 20.0. The Kier molecular flexibility index (Phi) is 5.34. The van der Waals surface area contributed by atoms with Gasteiger partial charge < -0.3 is 4.42 Å². The summed E-state index contributed by atoms with van der Waals surface area (Å²) in [5, 5.41) is 9.30. The third-order valence-electron chi connectivity index (χ3n) is 5.48. The Bertz CT molecular complexity index is 1170. The van der Waals surface area contributed by atoms with Crippen LogP contribution in [-0.2, 0) is 24.2 Å². The predicted octanol–water partition coefficient (Wildman–Crippen LogP) is 5.11. The molecular weight excluding hydrogens is 408 g/mol. The Balaban J connectivity index is 1.44. The lowest BCUT2D eigenvalue weighted by Crippen LogP contribution is -2.28. The van der Waals surface area contributed by atoms with Gasteiger partial charge in [0.15, 0.2) is 16.7 Å². The van der Waals surface area contributed by atoms with Crippen molar-refractivity contribution < 1.29 is 9.21 Å². The van der Waals surface area contributed by atoms with Gasteiger partial charge in [-0.05, 0) is 55.2 Å². The summed E-state index contributed by atoms with van der Waals surface area (Å²) in [6.07, 6.45) is 3.45. The molecule has 1 aliphatic rings. The fourth-order valence-corrected chi connectivity index (χ4v) is 4.86. The molecule has 4 aromatic rings. The number of hydrogen-bond donors (Lipinski definition) is 0. The van der Waals surface area contributed by atoms with Crippen molar-refractivity contribution in [3.63, 3.8) is 0 Å². The van der Waals surface area contributed by atoms with Gasteiger partial charge in [-0.1, -0.05) is 48.2 Å². The number of thioether (sulfide) groups is 1. The number of hydrogen-bond acceptors (Lipinski definition) is 5. The van der Waals surface area contributed by atoms with Crippen LogP contribution in [0, 0.1) is 0 Å². The molecule has 1 amide bonds. The summed E-state index contributed by atoms with van der Waals surface area (Å²) in [4.78, 5) is 15.4. The van der Waals surface area contributed by atoms with Gasteiger partial charge in [0, 0.05) is 6.54 Å². The summed E-state index contributed by atoms with van der Waals surface area (Å²) in [7, 11) is 0. The number of carbonyl (C=O) groups excluding carboxylic acids is 1. The van der Waals surface area contributed by atoms with Crippen molar-refractivity contribution in [2.75, 3.05) is 10.7 Å². The standard InChI is InChI=1S/C24H22N4O2S/c1-2-27-23(21-12-7-15-30-21)25-26-24(27)31-16-22(29)28-19-10-5-3-8-17(19)13-14-18-9-4-6-11-20(18)28/h3-12,15H,2,13-14,16H2,1H3. The van der Waals surface area contributed by atoms with Crippen LogP contribution in [-0.4, -0.2) is 26.4 Å². The van der Waals surface area contributed by atoms with Crippen LogP contribution in [0.3, 0.4) is 0 Å². The largest absolute Gasteiger partial charge is 0.461 e. The molecule has 31 heavy (non-hydrogen) atoms. The highest BCUT2D eigenvalue weighted by molar-refractivity contribution is 7.99. The van der Waals surface area contributed by atoms with E-state index in [0.29, 0.717) is 23.3 Å². The molecule has 6 nitrogen and oxygen atoms in total. The van der Waals surface area contributed by atoms with Crippen LogP contribution in [0.15, 0.2) is 76.5 Å². The van der Waals surface area contributed by atoms with Crippen LogP contribution < -0.4 is 4.90 Å². The molecule has 3 heterocycles. The Morgan fingerprint density at radius 3 is 2.26 bits per heavy atom. The number of nitrogens with zero attached hydrogens (tertiary/aromatic N) is 4. The molecule has 156 valence electrons.